The van der Waals surface area contributed by atoms with E-state index in [0.29, 0.717) is 5.39 Å². The smallest absolute Gasteiger partial charge is 0.131 e. The first-order valence-electron chi connectivity index (χ1n) is 16.9. The van der Waals surface area contributed by atoms with Gasteiger partial charge in [-0.15, -0.1) is 0 Å². The van der Waals surface area contributed by atoms with Gasteiger partial charge in [0.2, 0.25) is 0 Å². The summed E-state index contributed by atoms with van der Waals surface area (Å²) in [4.78, 5) is 2.33. The first kappa shape index (κ1) is 29.2. The molecule has 8 aromatic rings. The molecule has 0 spiro atoms. The summed E-state index contributed by atoms with van der Waals surface area (Å²) in [7, 11) is 0. The minimum Gasteiger partial charge on any atom is -0.310 e. The molecule has 0 fully saturated rings. The molecule has 0 atom stereocenters. The topological polar surface area (TPSA) is 3.24 Å². The van der Waals surface area contributed by atoms with Crippen molar-refractivity contribution in [1.29, 1.82) is 0 Å². The third-order valence-corrected chi connectivity index (χ3v) is 10.3. The van der Waals surface area contributed by atoms with Crippen LogP contribution in [0.3, 0.4) is 0 Å². The first-order chi connectivity index (χ1) is 24.0. The summed E-state index contributed by atoms with van der Waals surface area (Å²) in [5, 5.41) is 4.08. The number of fused-ring (bicyclic) bond motifs is 6. The lowest BCUT2D eigenvalue weighted by Crippen LogP contribution is -2.15. The van der Waals surface area contributed by atoms with Crippen molar-refractivity contribution in [2.24, 2.45) is 0 Å². The van der Waals surface area contributed by atoms with E-state index >= 15 is 4.39 Å². The van der Waals surface area contributed by atoms with E-state index in [4.69, 9.17) is 0 Å². The maximum absolute atomic E-state index is 15.3. The molecule has 0 radical (unpaired) electrons. The molecule has 0 unspecified atom stereocenters. The Morgan fingerprint density at radius 3 is 1.69 bits per heavy atom. The van der Waals surface area contributed by atoms with Crippen LogP contribution in [0.15, 0.2) is 170 Å². The molecule has 0 heterocycles. The highest BCUT2D eigenvalue weighted by molar-refractivity contribution is 6.03. The highest BCUT2D eigenvalue weighted by atomic mass is 19.1. The van der Waals surface area contributed by atoms with Gasteiger partial charge in [-0.1, -0.05) is 135 Å². The number of nitrogens with zero attached hydrogens (tertiary/aromatic N) is 1. The van der Waals surface area contributed by atoms with Gasteiger partial charge in [-0.3, -0.25) is 0 Å². The van der Waals surface area contributed by atoms with Crippen LogP contribution in [-0.2, 0) is 5.41 Å². The van der Waals surface area contributed by atoms with Crippen molar-refractivity contribution < 1.29 is 4.39 Å². The third-order valence-electron chi connectivity index (χ3n) is 10.3. The normalized spacial score (nSPS) is 13.0. The van der Waals surface area contributed by atoms with Crippen LogP contribution in [0.5, 0.6) is 0 Å². The molecule has 0 saturated heterocycles. The Morgan fingerprint density at radius 2 is 0.980 bits per heavy atom. The monoisotopic (exact) mass is 631 g/mol. The average molecular weight is 632 g/mol. The Labute approximate surface area is 286 Å². The van der Waals surface area contributed by atoms with E-state index < -0.39 is 0 Å². The molecule has 0 aliphatic heterocycles. The van der Waals surface area contributed by atoms with Gasteiger partial charge in [-0.2, -0.15) is 0 Å². The predicted octanol–water partition coefficient (Wildman–Crippen LogP) is 13.2. The summed E-state index contributed by atoms with van der Waals surface area (Å²) in [5.41, 5.74) is 12.3. The molecule has 0 aromatic heterocycles. The maximum Gasteiger partial charge on any atom is 0.131 e. The zero-order valence-electron chi connectivity index (χ0n) is 27.5. The molecule has 234 valence electrons. The fraction of sp³-hybridized carbons (Fsp3) is 0.0638. The lowest BCUT2D eigenvalue weighted by Gasteiger charge is -2.26. The fourth-order valence-electron chi connectivity index (χ4n) is 7.72. The third kappa shape index (κ3) is 4.83. The number of rotatable bonds is 5. The molecule has 0 saturated carbocycles. The molecule has 0 N–H and O–H groups in total. The Morgan fingerprint density at radius 1 is 0.429 bits per heavy atom. The van der Waals surface area contributed by atoms with Gasteiger partial charge in [-0.25, -0.2) is 4.39 Å². The number of anilines is 3. The number of halogens is 1. The van der Waals surface area contributed by atoms with E-state index in [-0.39, 0.29) is 11.2 Å². The maximum atomic E-state index is 15.3. The van der Waals surface area contributed by atoms with Crippen LogP contribution in [0.25, 0.3) is 54.9 Å². The fourth-order valence-corrected chi connectivity index (χ4v) is 7.72. The molecule has 2 heteroatoms. The summed E-state index contributed by atoms with van der Waals surface area (Å²) >= 11 is 0. The van der Waals surface area contributed by atoms with Gasteiger partial charge in [0.1, 0.15) is 5.82 Å². The van der Waals surface area contributed by atoms with Crippen LogP contribution in [0.4, 0.5) is 21.5 Å². The number of benzene rings is 8. The summed E-state index contributed by atoms with van der Waals surface area (Å²) < 4.78 is 15.3. The van der Waals surface area contributed by atoms with E-state index in [2.05, 4.69) is 158 Å². The molecule has 0 amide bonds. The standard InChI is InChI=1S/C47H34FN/c1-47(2)43-29-36(21-27-42(43)46-41-15-9-8-14-40(41)45(48)30-44(46)47)34-18-24-38(25-19-34)49(39-26-20-32-12-6-7-13-35(32)28-39)37-22-16-33(17-23-37)31-10-4-3-5-11-31/h3-30H,1-2H3. The first-order valence-corrected chi connectivity index (χ1v) is 16.9. The Balaban J connectivity index is 1.11. The lowest BCUT2D eigenvalue weighted by atomic mass is 9.81. The SMILES string of the molecule is CC1(C)c2cc(-c3ccc(N(c4ccc(-c5ccccc5)cc4)c4ccc5ccccc5c4)cc3)ccc2-c2c1cc(F)c1ccccc21. The summed E-state index contributed by atoms with van der Waals surface area (Å²) in [6.07, 6.45) is 0. The summed E-state index contributed by atoms with van der Waals surface area (Å²) in [5.74, 6) is -0.156. The second-order valence-electron chi connectivity index (χ2n) is 13.5. The van der Waals surface area contributed by atoms with Crippen LogP contribution < -0.4 is 4.90 Å². The minimum atomic E-state index is -0.315. The van der Waals surface area contributed by atoms with Crippen molar-refractivity contribution >= 4 is 38.6 Å². The highest BCUT2D eigenvalue weighted by Crippen LogP contribution is 2.52. The molecule has 1 aliphatic rings. The van der Waals surface area contributed by atoms with E-state index in [9.17, 15) is 0 Å². The molecule has 1 nitrogen and oxygen atoms in total. The van der Waals surface area contributed by atoms with E-state index in [1.165, 1.54) is 33.0 Å². The summed E-state index contributed by atoms with van der Waals surface area (Å²) in [6, 6.07) is 59.7. The average Bonchev–Trinajstić information content (AvgIpc) is 3.38. The van der Waals surface area contributed by atoms with Crippen molar-refractivity contribution in [3.63, 3.8) is 0 Å². The molecular formula is C47H34FN. The summed E-state index contributed by atoms with van der Waals surface area (Å²) in [6.45, 7) is 4.42. The van der Waals surface area contributed by atoms with Gasteiger partial charge >= 0.3 is 0 Å². The molecule has 1 aliphatic carbocycles. The molecular weight excluding hydrogens is 598 g/mol. The van der Waals surface area contributed by atoms with Crippen LogP contribution in [0, 0.1) is 5.82 Å². The van der Waals surface area contributed by atoms with Crippen molar-refractivity contribution in [3.8, 4) is 33.4 Å². The van der Waals surface area contributed by atoms with Gasteiger partial charge in [0, 0.05) is 27.9 Å². The van der Waals surface area contributed by atoms with Crippen molar-refractivity contribution in [2.75, 3.05) is 4.90 Å². The van der Waals surface area contributed by atoms with Gasteiger partial charge in [-0.05, 0) is 109 Å². The van der Waals surface area contributed by atoms with Crippen LogP contribution >= 0.6 is 0 Å². The molecule has 8 aromatic carbocycles. The van der Waals surface area contributed by atoms with Crippen LogP contribution in [-0.4, -0.2) is 0 Å². The quantitative estimate of drug-likeness (QED) is 0.183. The van der Waals surface area contributed by atoms with Gasteiger partial charge < -0.3 is 4.90 Å². The largest absolute Gasteiger partial charge is 0.310 e. The van der Waals surface area contributed by atoms with E-state index in [1.807, 2.05) is 24.3 Å². The Hall–Kier alpha value is -5.99. The Bertz CT molecular complexity index is 2510. The number of hydrogen-bond donors (Lipinski definition) is 0. The van der Waals surface area contributed by atoms with Crippen LogP contribution in [0.2, 0.25) is 0 Å². The van der Waals surface area contributed by atoms with Gasteiger partial charge in [0.25, 0.3) is 0 Å². The molecule has 49 heavy (non-hydrogen) atoms. The van der Waals surface area contributed by atoms with Gasteiger partial charge in [0.05, 0.1) is 0 Å². The van der Waals surface area contributed by atoms with Gasteiger partial charge in [0.15, 0.2) is 0 Å². The zero-order valence-corrected chi connectivity index (χ0v) is 27.5. The molecule has 9 rings (SSSR count). The van der Waals surface area contributed by atoms with Crippen molar-refractivity contribution in [2.45, 2.75) is 19.3 Å². The predicted molar refractivity (Wildman–Crippen MR) is 205 cm³/mol. The highest BCUT2D eigenvalue weighted by Gasteiger charge is 2.37. The van der Waals surface area contributed by atoms with Crippen molar-refractivity contribution in [3.05, 3.63) is 187 Å². The van der Waals surface area contributed by atoms with Crippen molar-refractivity contribution in [1.82, 2.24) is 0 Å². The number of hydrogen-bond acceptors (Lipinski definition) is 1. The van der Waals surface area contributed by atoms with E-state index in [1.54, 1.807) is 6.07 Å². The minimum absolute atomic E-state index is 0.156. The van der Waals surface area contributed by atoms with Crippen LogP contribution in [0.1, 0.15) is 25.0 Å². The second kappa shape index (κ2) is 11.3. The zero-order chi connectivity index (χ0) is 33.1. The van der Waals surface area contributed by atoms with E-state index in [0.717, 1.165) is 44.7 Å². The second-order valence-corrected chi connectivity index (χ2v) is 13.5. The lowest BCUT2D eigenvalue weighted by molar-refractivity contribution is 0.619. The molecule has 0 bridgehead atoms. The Kier molecular flexibility index (Phi) is 6.74.